The summed E-state index contributed by atoms with van der Waals surface area (Å²) in [6, 6.07) is 8.92. The lowest BCUT2D eigenvalue weighted by Crippen LogP contribution is -2.49. The van der Waals surface area contributed by atoms with Crippen molar-refractivity contribution in [1.29, 1.82) is 0 Å². The SMILES string of the molecule is COc1ccc([C@@H]2[C@@H]3CN(CC(=O)N4CCNCC4)C[C@@H]3CN2C)cc1. The molecule has 0 saturated carbocycles. The van der Waals surface area contributed by atoms with Crippen LogP contribution < -0.4 is 10.1 Å². The van der Waals surface area contributed by atoms with Crippen molar-refractivity contribution in [2.45, 2.75) is 6.04 Å². The minimum Gasteiger partial charge on any atom is -0.497 e. The van der Waals surface area contributed by atoms with E-state index in [1.165, 1.54) is 5.56 Å². The fraction of sp³-hybridized carbons (Fsp3) is 0.650. The summed E-state index contributed by atoms with van der Waals surface area (Å²) in [5.74, 6) is 2.45. The normalized spacial score (nSPS) is 29.8. The van der Waals surface area contributed by atoms with Crippen molar-refractivity contribution in [2.24, 2.45) is 11.8 Å². The summed E-state index contributed by atoms with van der Waals surface area (Å²) in [5.41, 5.74) is 1.36. The number of ether oxygens (including phenoxy) is 1. The number of amides is 1. The molecule has 0 spiro atoms. The minimum absolute atomic E-state index is 0.292. The number of benzene rings is 1. The second-order valence-electron chi connectivity index (χ2n) is 7.91. The zero-order chi connectivity index (χ0) is 18.1. The number of fused-ring (bicyclic) bond motifs is 1. The van der Waals surface area contributed by atoms with E-state index in [2.05, 4.69) is 46.4 Å². The van der Waals surface area contributed by atoms with Crippen LogP contribution in [0.5, 0.6) is 5.75 Å². The molecule has 4 rings (SSSR count). The summed E-state index contributed by atoms with van der Waals surface area (Å²) in [5, 5.41) is 3.31. The summed E-state index contributed by atoms with van der Waals surface area (Å²) in [4.78, 5) is 19.5. The van der Waals surface area contributed by atoms with Gasteiger partial charge in [-0.15, -0.1) is 0 Å². The number of carbonyl (C=O) groups excluding carboxylic acids is 1. The Morgan fingerprint density at radius 1 is 1.15 bits per heavy atom. The zero-order valence-electron chi connectivity index (χ0n) is 15.9. The maximum atomic E-state index is 12.6. The molecule has 6 heteroatoms. The molecule has 1 aromatic rings. The Morgan fingerprint density at radius 3 is 2.58 bits per heavy atom. The Hall–Kier alpha value is -1.63. The fourth-order valence-corrected chi connectivity index (χ4v) is 4.99. The molecular weight excluding hydrogens is 328 g/mol. The third-order valence-electron chi connectivity index (χ3n) is 6.26. The van der Waals surface area contributed by atoms with Crippen LogP contribution in [-0.4, -0.2) is 87.1 Å². The maximum absolute atomic E-state index is 12.6. The molecule has 3 aliphatic rings. The molecule has 1 amide bonds. The van der Waals surface area contributed by atoms with Gasteiger partial charge in [-0.3, -0.25) is 14.6 Å². The Kier molecular flexibility index (Phi) is 5.16. The highest BCUT2D eigenvalue weighted by Crippen LogP contribution is 2.44. The second kappa shape index (κ2) is 7.55. The van der Waals surface area contributed by atoms with Crippen LogP contribution in [0, 0.1) is 11.8 Å². The van der Waals surface area contributed by atoms with Crippen LogP contribution in [-0.2, 0) is 4.79 Å². The first-order valence-electron chi connectivity index (χ1n) is 9.70. The highest BCUT2D eigenvalue weighted by atomic mass is 16.5. The van der Waals surface area contributed by atoms with Gasteiger partial charge in [0, 0.05) is 51.9 Å². The summed E-state index contributed by atoms with van der Waals surface area (Å²) < 4.78 is 5.30. The van der Waals surface area contributed by atoms with Crippen LogP contribution in [0.3, 0.4) is 0 Å². The van der Waals surface area contributed by atoms with Gasteiger partial charge in [0.25, 0.3) is 0 Å². The molecule has 3 saturated heterocycles. The van der Waals surface area contributed by atoms with Gasteiger partial charge in [0.1, 0.15) is 5.75 Å². The molecule has 6 nitrogen and oxygen atoms in total. The third-order valence-corrected chi connectivity index (χ3v) is 6.26. The van der Waals surface area contributed by atoms with E-state index in [1.807, 2.05) is 4.90 Å². The summed E-state index contributed by atoms with van der Waals surface area (Å²) in [6.45, 7) is 7.27. The molecule has 3 aliphatic heterocycles. The summed E-state index contributed by atoms with van der Waals surface area (Å²) in [7, 11) is 3.93. The van der Waals surface area contributed by atoms with Gasteiger partial charge in [-0.05, 0) is 36.6 Å². The number of carbonyl (C=O) groups is 1. The van der Waals surface area contributed by atoms with Crippen LogP contribution in [0.1, 0.15) is 11.6 Å². The molecule has 26 heavy (non-hydrogen) atoms. The standard InChI is InChI=1S/C20H30N4O2/c1-22-11-16-12-23(14-19(25)24-9-7-21-8-10-24)13-18(16)20(22)15-3-5-17(26-2)6-4-15/h3-6,16,18,20-21H,7-14H2,1-2H3/t16-,18+,20+/m0/s1. The first-order valence-corrected chi connectivity index (χ1v) is 9.70. The van der Waals surface area contributed by atoms with Gasteiger partial charge in [-0.25, -0.2) is 0 Å². The Bertz CT molecular complexity index is 629. The van der Waals surface area contributed by atoms with Crippen molar-refractivity contribution in [3.63, 3.8) is 0 Å². The van der Waals surface area contributed by atoms with Crippen molar-refractivity contribution in [1.82, 2.24) is 20.0 Å². The van der Waals surface area contributed by atoms with Crippen molar-refractivity contribution in [3.8, 4) is 5.75 Å². The van der Waals surface area contributed by atoms with E-state index in [4.69, 9.17) is 4.74 Å². The molecule has 0 aliphatic carbocycles. The topological polar surface area (TPSA) is 48.1 Å². The monoisotopic (exact) mass is 358 g/mol. The number of hydrogen-bond donors (Lipinski definition) is 1. The Labute approximate surface area is 156 Å². The summed E-state index contributed by atoms with van der Waals surface area (Å²) >= 11 is 0. The second-order valence-corrected chi connectivity index (χ2v) is 7.91. The molecule has 0 radical (unpaired) electrons. The van der Waals surface area contributed by atoms with Gasteiger partial charge in [0.05, 0.1) is 13.7 Å². The number of piperazine rings is 1. The fourth-order valence-electron chi connectivity index (χ4n) is 4.99. The van der Waals surface area contributed by atoms with E-state index in [0.717, 1.165) is 51.6 Å². The quantitative estimate of drug-likeness (QED) is 0.857. The van der Waals surface area contributed by atoms with Crippen molar-refractivity contribution in [2.75, 3.05) is 66.5 Å². The van der Waals surface area contributed by atoms with Crippen LogP contribution in [0.25, 0.3) is 0 Å². The molecule has 3 atom stereocenters. The highest BCUT2D eigenvalue weighted by Gasteiger charge is 2.46. The molecule has 142 valence electrons. The number of rotatable bonds is 4. The molecule has 3 heterocycles. The van der Waals surface area contributed by atoms with Crippen molar-refractivity contribution >= 4 is 5.91 Å². The lowest BCUT2D eigenvalue weighted by atomic mass is 9.89. The minimum atomic E-state index is 0.292. The van der Waals surface area contributed by atoms with Crippen LogP contribution in [0.15, 0.2) is 24.3 Å². The van der Waals surface area contributed by atoms with E-state index in [9.17, 15) is 4.79 Å². The van der Waals surface area contributed by atoms with Crippen LogP contribution >= 0.6 is 0 Å². The molecule has 1 N–H and O–H groups in total. The lowest BCUT2D eigenvalue weighted by molar-refractivity contribution is -0.132. The number of likely N-dealkylation sites (tertiary alicyclic amines) is 2. The molecule has 3 fully saturated rings. The average molecular weight is 358 g/mol. The van der Waals surface area contributed by atoms with E-state index in [0.29, 0.717) is 30.3 Å². The van der Waals surface area contributed by atoms with E-state index < -0.39 is 0 Å². The van der Waals surface area contributed by atoms with E-state index in [1.54, 1.807) is 7.11 Å². The number of methoxy groups -OCH3 is 1. The molecule has 1 aromatic carbocycles. The van der Waals surface area contributed by atoms with Crippen LogP contribution in [0.4, 0.5) is 0 Å². The smallest absolute Gasteiger partial charge is 0.236 e. The largest absolute Gasteiger partial charge is 0.497 e. The van der Waals surface area contributed by atoms with E-state index in [-0.39, 0.29) is 0 Å². The summed E-state index contributed by atoms with van der Waals surface area (Å²) in [6.07, 6.45) is 0. The van der Waals surface area contributed by atoms with E-state index >= 15 is 0 Å². The maximum Gasteiger partial charge on any atom is 0.236 e. The molecule has 0 bridgehead atoms. The van der Waals surface area contributed by atoms with Gasteiger partial charge >= 0.3 is 0 Å². The van der Waals surface area contributed by atoms with Gasteiger partial charge in [0.2, 0.25) is 5.91 Å². The predicted octanol–water partition coefficient (Wildman–Crippen LogP) is 0.662. The molecule has 0 aromatic heterocycles. The average Bonchev–Trinajstić information content (AvgIpc) is 3.18. The first-order chi connectivity index (χ1) is 12.7. The van der Waals surface area contributed by atoms with Crippen molar-refractivity contribution < 1.29 is 9.53 Å². The van der Waals surface area contributed by atoms with Gasteiger partial charge in [-0.1, -0.05) is 12.1 Å². The third kappa shape index (κ3) is 3.46. The predicted molar refractivity (Wildman–Crippen MR) is 101 cm³/mol. The Morgan fingerprint density at radius 2 is 1.88 bits per heavy atom. The Balaban J connectivity index is 1.40. The molecular formula is C20H30N4O2. The molecule has 0 unspecified atom stereocenters. The number of nitrogens with zero attached hydrogens (tertiary/aromatic N) is 3. The van der Waals surface area contributed by atoms with Gasteiger partial charge in [0.15, 0.2) is 0 Å². The van der Waals surface area contributed by atoms with Crippen LogP contribution in [0.2, 0.25) is 0 Å². The van der Waals surface area contributed by atoms with Gasteiger partial charge < -0.3 is 15.0 Å². The van der Waals surface area contributed by atoms with Gasteiger partial charge in [-0.2, -0.15) is 0 Å². The highest BCUT2D eigenvalue weighted by molar-refractivity contribution is 5.78. The lowest BCUT2D eigenvalue weighted by Gasteiger charge is -2.30. The first kappa shape index (κ1) is 17.8. The number of hydrogen-bond acceptors (Lipinski definition) is 5. The number of nitrogens with one attached hydrogen (secondary N) is 1. The van der Waals surface area contributed by atoms with Crippen molar-refractivity contribution in [3.05, 3.63) is 29.8 Å². The zero-order valence-corrected chi connectivity index (χ0v) is 15.9.